The van der Waals surface area contributed by atoms with Crippen LogP contribution in [0.5, 0.6) is 0 Å². The number of hydrogen-bond donors (Lipinski definition) is 0. The molecule has 0 N–H and O–H groups in total. The van der Waals surface area contributed by atoms with E-state index in [0.717, 1.165) is 48.5 Å². The highest BCUT2D eigenvalue weighted by Gasteiger charge is 2.38. The Morgan fingerprint density at radius 2 is 1.40 bits per heavy atom. The molecule has 1 aliphatic heterocycles. The van der Waals surface area contributed by atoms with Crippen LogP contribution in [0.4, 0.5) is 0 Å². The molecule has 3 atom stereocenters. The van der Waals surface area contributed by atoms with E-state index in [-0.39, 0.29) is 11.8 Å². The van der Waals surface area contributed by atoms with Gasteiger partial charge in [-0.2, -0.15) is 0 Å². The highest BCUT2D eigenvalue weighted by Crippen LogP contribution is 2.52. The zero-order valence-corrected chi connectivity index (χ0v) is 32.4. The highest BCUT2D eigenvalue weighted by molar-refractivity contribution is 6.13. The average Bonchev–Trinajstić information content (AvgIpc) is 3.82. The molecule has 2 nitrogen and oxygen atoms in total. The Morgan fingerprint density at radius 1 is 0.586 bits per heavy atom. The summed E-state index contributed by atoms with van der Waals surface area (Å²) in [5, 5.41) is 9.17. The van der Waals surface area contributed by atoms with Crippen molar-refractivity contribution in [2.75, 3.05) is 0 Å². The Morgan fingerprint density at radius 3 is 2.33 bits per heavy atom. The minimum Gasteiger partial charge on any atom is -0.461 e. The molecule has 0 fully saturated rings. The lowest BCUT2D eigenvalue weighted by molar-refractivity contribution is 0.316. The maximum atomic E-state index is 6.60. The van der Waals surface area contributed by atoms with Gasteiger partial charge in [0, 0.05) is 28.7 Å². The van der Waals surface area contributed by atoms with Crippen LogP contribution in [-0.2, 0) is 24.0 Å². The molecule has 5 aliphatic carbocycles. The van der Waals surface area contributed by atoms with Crippen LogP contribution in [0.2, 0.25) is 0 Å². The number of fused-ring (bicyclic) bond motifs is 10. The van der Waals surface area contributed by atoms with E-state index in [0.29, 0.717) is 5.92 Å². The van der Waals surface area contributed by atoms with Gasteiger partial charge in [0.25, 0.3) is 0 Å². The van der Waals surface area contributed by atoms with Gasteiger partial charge in [-0.25, -0.2) is 0 Å². The summed E-state index contributed by atoms with van der Waals surface area (Å²) in [6, 6.07) is 36.9. The first-order valence-corrected chi connectivity index (χ1v) is 21.3. The number of ether oxygens (including phenoxy) is 1. The van der Waals surface area contributed by atoms with Crippen LogP contribution < -0.4 is 0 Å². The SMILES string of the molecule is C1=CC2=CC3=C(CC2C=C1)C1CC(c2c4ccccc4c(C4C=Cc5oc6cc7c(cc6c5C4)CCCC7)c4cc(-c5ccc6ccccc6c5)ccc24)=CC=C1O3. The maximum absolute atomic E-state index is 6.60. The number of rotatable bonds is 3. The summed E-state index contributed by atoms with van der Waals surface area (Å²) in [7, 11) is 0. The van der Waals surface area contributed by atoms with Gasteiger partial charge in [0.05, 0.1) is 0 Å². The first-order valence-electron chi connectivity index (χ1n) is 21.3. The number of allylic oxidation sites excluding steroid dienone is 11. The fourth-order valence-corrected chi connectivity index (χ4v) is 11.3. The monoisotopic (exact) mass is 746 g/mol. The lowest BCUT2D eigenvalue weighted by atomic mass is 9.74. The summed E-state index contributed by atoms with van der Waals surface area (Å²) in [4.78, 5) is 0. The van der Waals surface area contributed by atoms with Crippen LogP contribution >= 0.6 is 0 Å². The van der Waals surface area contributed by atoms with Crippen LogP contribution in [0.25, 0.3) is 66.1 Å². The first-order chi connectivity index (χ1) is 28.7. The smallest absolute Gasteiger partial charge is 0.135 e. The standard InChI is InChI=1S/C56H42O2/c1-2-10-34-25-39(18-17-33(34)9-1)40-19-22-45-50(28-40)56(42-21-24-52-47(30-42)49-27-36-12-4-6-14-38(36)32-54(49)58-52)44-16-8-7-15-43(44)55(45)41-20-23-51-46(29-41)48-26-35-11-3-5-13-37(35)31-53(48)57-51/h1-3,5,7-11,13,15-25,27-28,31-32,35,42,46H,4,6,12,14,26,29-30H2. The summed E-state index contributed by atoms with van der Waals surface area (Å²) in [5.74, 6) is 4.08. The van der Waals surface area contributed by atoms with Gasteiger partial charge in [0.15, 0.2) is 0 Å². The zero-order chi connectivity index (χ0) is 37.9. The normalized spacial score (nSPS) is 21.7. The van der Waals surface area contributed by atoms with Gasteiger partial charge < -0.3 is 9.15 Å². The van der Waals surface area contributed by atoms with Crippen molar-refractivity contribution >= 4 is 54.9 Å². The van der Waals surface area contributed by atoms with Crippen molar-refractivity contribution in [2.24, 2.45) is 11.8 Å². The van der Waals surface area contributed by atoms with Crippen molar-refractivity contribution in [3.8, 4) is 11.1 Å². The van der Waals surface area contributed by atoms with Crippen molar-refractivity contribution < 1.29 is 9.15 Å². The maximum Gasteiger partial charge on any atom is 0.135 e. The van der Waals surface area contributed by atoms with Crippen molar-refractivity contribution in [2.45, 2.75) is 50.9 Å². The summed E-state index contributed by atoms with van der Waals surface area (Å²) >= 11 is 0. The molecule has 0 radical (unpaired) electrons. The van der Waals surface area contributed by atoms with Gasteiger partial charge in [0.2, 0.25) is 0 Å². The molecule has 2 heterocycles. The molecule has 278 valence electrons. The van der Waals surface area contributed by atoms with Crippen LogP contribution in [0, 0.1) is 11.8 Å². The molecular formula is C56H42O2. The molecule has 0 amide bonds. The van der Waals surface area contributed by atoms with Crippen molar-refractivity contribution in [1.82, 2.24) is 0 Å². The van der Waals surface area contributed by atoms with E-state index in [4.69, 9.17) is 9.15 Å². The Labute approximate surface area is 338 Å². The minimum absolute atomic E-state index is 0.196. The van der Waals surface area contributed by atoms with Crippen molar-refractivity contribution in [3.05, 3.63) is 202 Å². The molecule has 1 aromatic heterocycles. The number of benzene rings is 6. The van der Waals surface area contributed by atoms with E-state index in [1.165, 1.54) is 113 Å². The quantitative estimate of drug-likeness (QED) is 0.168. The van der Waals surface area contributed by atoms with Crippen molar-refractivity contribution in [3.63, 3.8) is 0 Å². The van der Waals surface area contributed by atoms with E-state index in [2.05, 4.69) is 152 Å². The molecule has 13 rings (SSSR count). The highest BCUT2D eigenvalue weighted by atomic mass is 16.5. The Hall–Kier alpha value is -6.38. The molecule has 0 saturated heterocycles. The van der Waals surface area contributed by atoms with E-state index < -0.39 is 0 Å². The molecule has 0 bridgehead atoms. The lowest BCUT2D eigenvalue weighted by Crippen LogP contribution is -2.14. The average molecular weight is 747 g/mol. The number of furan rings is 1. The third-order valence-corrected chi connectivity index (χ3v) is 14.1. The minimum atomic E-state index is 0.196. The molecule has 7 aromatic rings. The molecule has 3 unspecified atom stereocenters. The molecule has 58 heavy (non-hydrogen) atoms. The molecule has 0 spiro atoms. The fourth-order valence-electron chi connectivity index (χ4n) is 11.3. The van der Waals surface area contributed by atoms with E-state index in [9.17, 15) is 0 Å². The Kier molecular flexibility index (Phi) is 7.08. The van der Waals surface area contributed by atoms with E-state index in [1.54, 1.807) is 0 Å². The van der Waals surface area contributed by atoms with E-state index in [1.807, 2.05) is 0 Å². The first kappa shape index (κ1) is 32.7. The summed E-state index contributed by atoms with van der Waals surface area (Å²) in [6.45, 7) is 0. The molecule has 2 heteroatoms. The second-order valence-electron chi connectivity index (χ2n) is 17.3. The molecule has 6 aliphatic rings. The summed E-state index contributed by atoms with van der Waals surface area (Å²) in [5.41, 5.74) is 14.9. The van der Waals surface area contributed by atoms with Gasteiger partial charge >= 0.3 is 0 Å². The molecule has 6 aromatic carbocycles. The second-order valence-corrected chi connectivity index (χ2v) is 17.3. The van der Waals surface area contributed by atoms with Gasteiger partial charge in [-0.15, -0.1) is 0 Å². The van der Waals surface area contributed by atoms with Crippen LogP contribution in [0.3, 0.4) is 0 Å². The lowest BCUT2D eigenvalue weighted by Gasteiger charge is -2.28. The molecule has 0 saturated carbocycles. The third-order valence-electron chi connectivity index (χ3n) is 14.1. The number of hydrogen-bond acceptors (Lipinski definition) is 2. The summed E-state index contributed by atoms with van der Waals surface area (Å²) in [6.07, 6.45) is 28.3. The van der Waals surface area contributed by atoms with E-state index >= 15 is 0 Å². The largest absolute Gasteiger partial charge is 0.461 e. The van der Waals surface area contributed by atoms with Crippen LogP contribution in [0.15, 0.2) is 173 Å². The van der Waals surface area contributed by atoms with Crippen molar-refractivity contribution in [1.29, 1.82) is 0 Å². The third kappa shape index (κ3) is 4.97. The van der Waals surface area contributed by atoms with Gasteiger partial charge in [-0.1, -0.05) is 109 Å². The van der Waals surface area contributed by atoms with Gasteiger partial charge in [-0.05, 0) is 170 Å². The van der Waals surface area contributed by atoms with Gasteiger partial charge in [-0.3, -0.25) is 0 Å². The zero-order valence-electron chi connectivity index (χ0n) is 32.4. The Bertz CT molecular complexity index is 3190. The van der Waals surface area contributed by atoms with Crippen LogP contribution in [-0.4, -0.2) is 0 Å². The predicted molar refractivity (Wildman–Crippen MR) is 239 cm³/mol. The molecular weight excluding hydrogens is 705 g/mol. The second kappa shape index (κ2) is 12.6. The topological polar surface area (TPSA) is 22.4 Å². The predicted octanol–water partition coefficient (Wildman–Crippen LogP) is 14.4. The fraction of sp³-hybridized carbons (Fsp3) is 0.179. The Balaban J connectivity index is 0.992. The number of aryl methyl sites for hydroxylation is 2. The summed E-state index contributed by atoms with van der Waals surface area (Å²) < 4.78 is 13.2. The van der Waals surface area contributed by atoms with Gasteiger partial charge in [0.1, 0.15) is 22.9 Å². The van der Waals surface area contributed by atoms with Crippen LogP contribution in [0.1, 0.15) is 65.2 Å².